The summed E-state index contributed by atoms with van der Waals surface area (Å²) in [7, 11) is 0. The van der Waals surface area contributed by atoms with Gasteiger partial charge in [-0.25, -0.2) is 4.79 Å². The number of thiol groups is 2. The van der Waals surface area contributed by atoms with Gasteiger partial charge >= 0.3 is 5.97 Å². The molecule has 1 fully saturated rings. The number of amides is 16. The monoisotopic (exact) mass is 1950 g/mol. The van der Waals surface area contributed by atoms with E-state index < -0.39 is 251 Å². The van der Waals surface area contributed by atoms with Gasteiger partial charge in [-0.05, 0) is 165 Å². The average Bonchev–Trinajstić information content (AvgIpc) is 1.67. The van der Waals surface area contributed by atoms with Gasteiger partial charge in [-0.2, -0.15) is 25.3 Å². The van der Waals surface area contributed by atoms with E-state index in [0.717, 1.165) is 18.7 Å². The van der Waals surface area contributed by atoms with Crippen molar-refractivity contribution in [1.29, 1.82) is 5.41 Å². The summed E-state index contributed by atoms with van der Waals surface area (Å²) in [6.45, 7) is 14.4. The number of aliphatic hydroxyl groups excluding tert-OH is 3. The molecule has 0 radical (unpaired) electrons. The fourth-order valence-electron chi connectivity index (χ4n) is 13.9. The first-order valence-corrected chi connectivity index (χ1v) is 45.8. The zero-order valence-electron chi connectivity index (χ0n) is 77.9. The minimum absolute atomic E-state index is 0.0233. The second-order valence-corrected chi connectivity index (χ2v) is 36.0. The Morgan fingerprint density at radius 3 is 1.25 bits per heavy atom. The molecule has 0 unspecified atom stereocenters. The predicted octanol–water partition coefficient (Wildman–Crippen LogP) is -9.15. The minimum atomic E-state index is -2.07. The van der Waals surface area contributed by atoms with E-state index >= 15 is 0 Å². The molecule has 50 heteroatoms. The maximum Gasteiger partial charge on any atom is 0.326 e. The van der Waals surface area contributed by atoms with Crippen LogP contribution in [0.4, 0.5) is 0 Å². The second kappa shape index (κ2) is 58.8. The van der Waals surface area contributed by atoms with Crippen LogP contribution in [0, 0.1) is 17.2 Å². The highest BCUT2D eigenvalue weighted by molar-refractivity contribution is 7.81. The summed E-state index contributed by atoms with van der Waals surface area (Å²) in [4.78, 5) is 241. The molecular formula is C85H143N25O23S2. The highest BCUT2D eigenvalue weighted by Gasteiger charge is 2.46. The summed E-state index contributed by atoms with van der Waals surface area (Å²) in [5.74, 6) is -20.3. The topological polar surface area (TPSA) is 813 Å². The Kier molecular flexibility index (Phi) is 51.3. The molecule has 20 atom stereocenters. The van der Waals surface area contributed by atoms with E-state index in [0.29, 0.717) is 24.0 Å². The number of phenolic OH excluding ortho intramolecular Hbond substituents is 2. The first kappa shape index (κ1) is 118. The SMILES string of the molecule is CC[C@H](C)[C@H](NC(=O)[C@@H]1C[C@@H](O)CN1C(=O)[C@@H](N)C(C)C)C(=O)N[C@H](C(=O)N[C@@H](Cc1ccc(O)cc1)C(=O)N[C@H](C(=O)N[C@@H](CC(N)=O)C(=O)N[C@@H](CCCNC(=N)N)C(=O)N[C@@H](CCN)C(=O)N[C@H](C(=O)N[C@H](CCNC(C)C)C(=O)N[C@@H](CCCCN)C(=O)N[C@@H](CCN)C(=O)N[C@@H](CCN)C(=O)N[C@@H](CS)C(=O)N[C@@H](Cc1ccc(O)cc1)C(=O)O)[C@@H](C)O)[C@@H](C)O)C(C)(C)S. The third kappa shape index (κ3) is 40.6. The van der Waals surface area contributed by atoms with Crippen LogP contribution in [0.1, 0.15) is 157 Å². The molecule has 2 aromatic rings. The molecule has 1 aliphatic heterocycles. The maximum atomic E-state index is 14.8. The van der Waals surface area contributed by atoms with Crippen molar-refractivity contribution in [2.45, 2.75) is 285 Å². The smallest absolute Gasteiger partial charge is 0.326 e. The molecular weight excluding hydrogens is 1800 g/mol. The van der Waals surface area contributed by atoms with Gasteiger partial charge in [-0.3, -0.25) is 82.1 Å². The Hall–Kier alpha value is -11.4. The number of benzene rings is 2. The zero-order chi connectivity index (χ0) is 102. The van der Waals surface area contributed by atoms with Crippen LogP contribution in [0.3, 0.4) is 0 Å². The van der Waals surface area contributed by atoms with E-state index in [9.17, 15) is 112 Å². The summed E-state index contributed by atoms with van der Waals surface area (Å²) in [5.41, 5.74) is 41.6. The van der Waals surface area contributed by atoms with E-state index in [1.807, 2.05) is 0 Å². The van der Waals surface area contributed by atoms with E-state index in [4.69, 9.17) is 45.5 Å². The van der Waals surface area contributed by atoms with E-state index in [-0.39, 0.29) is 133 Å². The number of nitrogens with one attached hydrogen (secondary N) is 17. The normalized spacial score (nSPS) is 17.1. The fourth-order valence-corrected chi connectivity index (χ4v) is 14.4. The molecule has 1 saturated heterocycles. The summed E-state index contributed by atoms with van der Waals surface area (Å²) >= 11 is 8.82. The van der Waals surface area contributed by atoms with Gasteiger partial charge in [-0.1, -0.05) is 72.2 Å². The van der Waals surface area contributed by atoms with E-state index in [1.54, 1.807) is 41.5 Å². The molecule has 0 saturated carbocycles. The zero-order valence-corrected chi connectivity index (χ0v) is 79.7. The minimum Gasteiger partial charge on any atom is -0.508 e. The van der Waals surface area contributed by atoms with Crippen LogP contribution in [0.25, 0.3) is 0 Å². The molecule has 0 aliphatic carbocycles. The third-order valence-electron chi connectivity index (χ3n) is 22.0. The quantitative estimate of drug-likeness (QED) is 0.0127. The molecule has 1 aliphatic rings. The van der Waals surface area contributed by atoms with Crippen molar-refractivity contribution in [3.63, 3.8) is 0 Å². The van der Waals surface area contributed by atoms with E-state index in [1.165, 1.54) is 62.4 Å². The number of hydrogen-bond donors (Lipinski definition) is 32. The van der Waals surface area contributed by atoms with Crippen LogP contribution >= 0.6 is 25.3 Å². The van der Waals surface area contributed by atoms with Crippen molar-refractivity contribution < 1.29 is 112 Å². The van der Waals surface area contributed by atoms with Crippen molar-refractivity contribution in [2.75, 3.05) is 51.6 Å². The third-order valence-corrected chi connectivity index (χ3v) is 22.6. The number of primary amides is 1. The number of aromatic hydroxyl groups is 2. The molecule has 0 bridgehead atoms. The van der Waals surface area contributed by atoms with Gasteiger partial charge in [0.2, 0.25) is 94.5 Å². The lowest BCUT2D eigenvalue weighted by Crippen LogP contribution is -2.64. The number of carboxylic acid groups (broad SMARTS) is 1. The number of hydrogen-bond acceptors (Lipinski definition) is 31. The van der Waals surface area contributed by atoms with Crippen LogP contribution in [0.5, 0.6) is 11.5 Å². The van der Waals surface area contributed by atoms with Crippen molar-refractivity contribution >= 4 is 132 Å². The predicted molar refractivity (Wildman–Crippen MR) is 502 cm³/mol. The molecule has 0 spiro atoms. The number of carboxylic acids is 1. The van der Waals surface area contributed by atoms with Gasteiger partial charge in [0.1, 0.15) is 102 Å². The van der Waals surface area contributed by atoms with Crippen LogP contribution in [0.15, 0.2) is 48.5 Å². The van der Waals surface area contributed by atoms with Crippen molar-refractivity contribution in [2.24, 2.45) is 52.0 Å². The van der Waals surface area contributed by atoms with Crippen LogP contribution in [0.2, 0.25) is 0 Å². The van der Waals surface area contributed by atoms with Gasteiger partial charge in [0.25, 0.3) is 0 Å². The molecule has 37 N–H and O–H groups in total. The Bertz CT molecular complexity index is 4290. The number of unbranched alkanes of at least 4 members (excludes halogenated alkanes) is 1. The van der Waals surface area contributed by atoms with Gasteiger partial charge in [0, 0.05) is 48.9 Å². The molecule has 135 heavy (non-hydrogen) atoms. The highest BCUT2D eigenvalue weighted by atomic mass is 32.1. The van der Waals surface area contributed by atoms with Crippen molar-refractivity contribution in [3.8, 4) is 11.5 Å². The maximum absolute atomic E-state index is 14.8. The number of guanidine groups is 1. The van der Waals surface area contributed by atoms with Crippen LogP contribution in [-0.2, 0) is 94.3 Å². The summed E-state index contributed by atoms with van der Waals surface area (Å²) in [6, 6.07) is -15.0. The molecule has 3 rings (SSSR count). The summed E-state index contributed by atoms with van der Waals surface area (Å²) in [6.07, 6.45) is -7.50. The number of nitrogens with two attached hydrogens (primary N) is 7. The Morgan fingerprint density at radius 2 is 0.852 bits per heavy atom. The molecule has 16 amide bonds. The lowest BCUT2D eigenvalue weighted by atomic mass is 9.95. The number of carbonyl (C=O) groups excluding carboxylic acids is 16. The summed E-state index contributed by atoms with van der Waals surface area (Å²) < 4.78 is -1.49. The molecule has 758 valence electrons. The first-order chi connectivity index (χ1) is 63.4. The lowest BCUT2D eigenvalue weighted by Gasteiger charge is -2.34. The van der Waals surface area contributed by atoms with Gasteiger partial charge in [0.05, 0.1) is 30.8 Å². The number of nitrogens with zero attached hydrogens (tertiary/aromatic N) is 1. The summed E-state index contributed by atoms with van der Waals surface area (Å²) in [5, 5.41) is 111. The number of aliphatic hydroxyl groups is 3. The van der Waals surface area contributed by atoms with E-state index in [2.05, 4.69) is 110 Å². The molecule has 48 nitrogen and oxygen atoms in total. The second-order valence-electron chi connectivity index (χ2n) is 34.5. The Morgan fingerprint density at radius 1 is 0.474 bits per heavy atom. The Labute approximate surface area is 795 Å². The molecule has 2 aromatic carbocycles. The first-order valence-electron chi connectivity index (χ1n) is 44.7. The largest absolute Gasteiger partial charge is 0.508 e. The number of β-amino-alcohol motifs (C(OH)–C–C–N with tert-alkyl or cyclic N) is 1. The molecule has 1 heterocycles. The molecule has 0 aromatic heterocycles. The highest BCUT2D eigenvalue weighted by Crippen LogP contribution is 2.25. The van der Waals surface area contributed by atoms with Gasteiger partial charge < -0.3 is 161 Å². The van der Waals surface area contributed by atoms with Crippen LogP contribution < -0.4 is 125 Å². The number of rotatable bonds is 61. The number of phenols is 2. The average molecular weight is 1950 g/mol. The van der Waals surface area contributed by atoms with Crippen molar-refractivity contribution in [1.82, 2.24) is 90.0 Å². The standard InChI is InChI=1S/C85H143N25O23S2/c1-11-43(6)64(106-77(126)61-37-50(115)39-110(61)82(131)63(91)41(2)3)78(127)109-67(85(9,10)135)81(130)103-57(35-46-17-21-48(113)22-18-46)75(124)108-66(45(8)112)80(129)102-58(38-62(90)116)74(123)97-52(16-14-33-95-84(92)93)69(118)100-55(27-32-89)73(122)107-65(44(7)111)79(128)101-56(28-34-94-42(4)5)72(121)96-51(15-12-13-29-86)68(117)98-53(25-30-87)70(119)99-54(26-31-88)71(120)105-60(40-134)76(125)104-59(83(132)133)36-47-19-23-49(114)24-20-47/h17-24,41-45,50-61,63-67,94,111-115,134-135H,11-16,25-40,86-89,91H2,1-10H3,(H2,90,116)(H,96,121)(H,97,123)(H,98,117)(H,99,119)(H,100,118)(H,101,128)(H,102,129)(H,103,130)(H,104,125)(H,105,120)(H,106,126)(H,107,122)(H,108,124)(H,109,127)(H,132,133)(H4,92,93,95)/t43-,44+,45+,50+,51-,52-,53-,54-,55-,56+,57-,58-,59-,60-,61-,63-,64-,65-,66-,67+/m0/s1. The number of aliphatic carboxylic acids is 1. The van der Waals surface area contributed by atoms with Crippen LogP contribution in [-0.4, -0.2) is 319 Å². The Balaban J connectivity index is 1.96. The van der Waals surface area contributed by atoms with Crippen molar-refractivity contribution in [3.05, 3.63) is 59.7 Å². The van der Waals surface area contributed by atoms with Gasteiger partial charge in [-0.15, -0.1) is 0 Å². The number of likely N-dealkylation sites (tertiary alicyclic amines) is 1. The number of carbonyl (C=O) groups is 17. The lowest BCUT2D eigenvalue weighted by molar-refractivity contribution is -0.142. The fraction of sp³-hybridized carbons (Fsp3) is 0.647. The van der Waals surface area contributed by atoms with Gasteiger partial charge in [0.15, 0.2) is 5.96 Å².